The van der Waals surface area contributed by atoms with Crippen molar-refractivity contribution >= 4 is 12.2 Å². The van der Waals surface area contributed by atoms with Crippen molar-refractivity contribution < 1.29 is 9.53 Å². The molecule has 0 radical (unpaired) electrons. The molecule has 1 heterocycles. The number of rotatable bonds is 2. The second-order valence-corrected chi connectivity index (χ2v) is 2.09. The highest BCUT2D eigenvalue weighted by molar-refractivity contribution is 6.09. The molecule has 0 aromatic heterocycles. The number of nitrogens with one attached hydrogen (secondary N) is 1. The van der Waals surface area contributed by atoms with Gasteiger partial charge in [-0.05, 0) is 19.1 Å². The van der Waals surface area contributed by atoms with Crippen LogP contribution >= 0.6 is 0 Å². The Morgan fingerprint density at radius 3 is 3.33 bits per heavy atom. The summed E-state index contributed by atoms with van der Waals surface area (Å²) in [6.45, 7) is 2.14. The van der Waals surface area contributed by atoms with E-state index >= 15 is 0 Å². The summed E-state index contributed by atoms with van der Waals surface area (Å²) < 4.78 is 4.78. The molecule has 4 heteroatoms. The Labute approximate surface area is 70.6 Å². The minimum absolute atomic E-state index is 0.352. The third-order valence-electron chi connectivity index (χ3n) is 1.24. The SMILES string of the molecule is CCOC(=O)C1=CC=CNN=C1. The Morgan fingerprint density at radius 2 is 2.58 bits per heavy atom. The van der Waals surface area contributed by atoms with Crippen LogP contribution in [-0.4, -0.2) is 18.8 Å². The summed E-state index contributed by atoms with van der Waals surface area (Å²) in [5.74, 6) is -0.352. The molecule has 0 aromatic rings. The molecule has 0 aliphatic carbocycles. The lowest BCUT2D eigenvalue weighted by atomic mass is 10.3. The zero-order valence-corrected chi connectivity index (χ0v) is 6.78. The molecule has 0 unspecified atom stereocenters. The molecule has 1 aliphatic rings. The summed E-state index contributed by atoms with van der Waals surface area (Å²) in [6, 6.07) is 0. The van der Waals surface area contributed by atoms with Crippen LogP contribution in [0, 0.1) is 0 Å². The molecule has 0 bridgehead atoms. The molecular weight excluding hydrogens is 156 g/mol. The van der Waals surface area contributed by atoms with Crippen LogP contribution in [-0.2, 0) is 9.53 Å². The first kappa shape index (κ1) is 8.52. The molecular formula is C8H10N2O2. The largest absolute Gasteiger partial charge is 0.462 e. The zero-order chi connectivity index (χ0) is 8.81. The average Bonchev–Trinajstić information content (AvgIpc) is 2.32. The van der Waals surface area contributed by atoms with Crippen LogP contribution in [0.25, 0.3) is 0 Å². The van der Waals surface area contributed by atoms with Crippen LogP contribution < -0.4 is 5.43 Å². The van der Waals surface area contributed by atoms with Crippen molar-refractivity contribution in [2.75, 3.05) is 6.61 Å². The molecule has 4 nitrogen and oxygen atoms in total. The summed E-state index contributed by atoms with van der Waals surface area (Å²) in [5, 5.41) is 3.72. The van der Waals surface area contributed by atoms with Gasteiger partial charge in [0.25, 0.3) is 0 Å². The molecule has 0 amide bonds. The third-order valence-corrected chi connectivity index (χ3v) is 1.24. The highest BCUT2D eigenvalue weighted by Crippen LogP contribution is 1.97. The van der Waals surface area contributed by atoms with Crippen LogP contribution in [0.1, 0.15) is 6.92 Å². The topological polar surface area (TPSA) is 50.7 Å². The van der Waals surface area contributed by atoms with Crippen LogP contribution in [0.5, 0.6) is 0 Å². The molecule has 0 saturated carbocycles. The van der Waals surface area contributed by atoms with E-state index in [0.29, 0.717) is 12.2 Å². The average molecular weight is 166 g/mol. The number of allylic oxidation sites excluding steroid dienone is 2. The maximum Gasteiger partial charge on any atom is 0.339 e. The molecule has 0 atom stereocenters. The normalized spacial score (nSPS) is 14.6. The van der Waals surface area contributed by atoms with Gasteiger partial charge in [0.2, 0.25) is 0 Å². The molecule has 0 fully saturated rings. The van der Waals surface area contributed by atoms with E-state index in [2.05, 4.69) is 10.5 Å². The fourth-order valence-corrected chi connectivity index (χ4v) is 0.723. The first-order valence-corrected chi connectivity index (χ1v) is 3.67. The fraction of sp³-hybridized carbons (Fsp3) is 0.250. The van der Waals surface area contributed by atoms with Crippen molar-refractivity contribution in [2.24, 2.45) is 5.10 Å². The number of carbonyl (C=O) groups is 1. The molecule has 1 aliphatic heterocycles. The maximum atomic E-state index is 11.1. The van der Waals surface area contributed by atoms with Gasteiger partial charge in [0, 0.05) is 6.20 Å². The molecule has 1 N–H and O–H groups in total. The minimum atomic E-state index is -0.352. The third kappa shape index (κ3) is 2.23. The van der Waals surface area contributed by atoms with Crippen molar-refractivity contribution in [1.29, 1.82) is 0 Å². The number of ether oxygens (including phenoxy) is 1. The molecule has 0 spiro atoms. The van der Waals surface area contributed by atoms with E-state index in [4.69, 9.17) is 4.74 Å². The lowest BCUT2D eigenvalue weighted by Crippen LogP contribution is -2.08. The predicted octanol–water partition coefficient (Wildman–Crippen LogP) is 0.579. The summed E-state index contributed by atoms with van der Waals surface area (Å²) in [6.07, 6.45) is 6.39. The van der Waals surface area contributed by atoms with Crippen molar-refractivity contribution in [3.05, 3.63) is 23.9 Å². The van der Waals surface area contributed by atoms with Gasteiger partial charge in [-0.1, -0.05) is 0 Å². The highest BCUT2D eigenvalue weighted by atomic mass is 16.5. The van der Waals surface area contributed by atoms with E-state index in [9.17, 15) is 4.79 Å². The van der Waals surface area contributed by atoms with Crippen molar-refractivity contribution in [1.82, 2.24) is 5.43 Å². The number of nitrogens with zero attached hydrogens (tertiary/aromatic N) is 1. The summed E-state index contributed by atoms with van der Waals surface area (Å²) >= 11 is 0. The number of hydrazone groups is 1. The van der Waals surface area contributed by atoms with Crippen molar-refractivity contribution in [3.63, 3.8) is 0 Å². The van der Waals surface area contributed by atoms with E-state index < -0.39 is 0 Å². The van der Waals surface area contributed by atoms with Gasteiger partial charge in [-0.2, -0.15) is 5.10 Å². The number of hydrogen-bond donors (Lipinski definition) is 1. The predicted molar refractivity (Wildman–Crippen MR) is 45.5 cm³/mol. The van der Waals surface area contributed by atoms with Crippen LogP contribution in [0.2, 0.25) is 0 Å². The van der Waals surface area contributed by atoms with Gasteiger partial charge in [0.05, 0.1) is 18.4 Å². The number of hydrogen-bond acceptors (Lipinski definition) is 4. The Morgan fingerprint density at radius 1 is 1.75 bits per heavy atom. The van der Waals surface area contributed by atoms with Crippen molar-refractivity contribution in [2.45, 2.75) is 6.92 Å². The van der Waals surface area contributed by atoms with Gasteiger partial charge in [-0.3, -0.25) is 5.43 Å². The van der Waals surface area contributed by atoms with Gasteiger partial charge in [-0.15, -0.1) is 0 Å². The van der Waals surface area contributed by atoms with E-state index in [0.717, 1.165) is 0 Å². The Kier molecular flexibility index (Phi) is 3.07. The minimum Gasteiger partial charge on any atom is -0.462 e. The van der Waals surface area contributed by atoms with Gasteiger partial charge in [0.15, 0.2) is 0 Å². The summed E-state index contributed by atoms with van der Waals surface area (Å²) in [7, 11) is 0. The first-order valence-electron chi connectivity index (χ1n) is 3.67. The number of carbonyl (C=O) groups excluding carboxylic acids is 1. The molecule has 1 rings (SSSR count). The molecule has 12 heavy (non-hydrogen) atoms. The quantitative estimate of drug-likeness (QED) is 0.610. The summed E-state index contributed by atoms with van der Waals surface area (Å²) in [5.41, 5.74) is 3.05. The van der Waals surface area contributed by atoms with Crippen LogP contribution in [0.4, 0.5) is 0 Å². The Bertz CT molecular complexity index is 254. The van der Waals surface area contributed by atoms with Gasteiger partial charge in [-0.25, -0.2) is 4.79 Å². The highest BCUT2D eigenvalue weighted by Gasteiger charge is 2.06. The Hall–Kier alpha value is -1.58. The second kappa shape index (κ2) is 4.33. The lowest BCUT2D eigenvalue weighted by Gasteiger charge is -1.98. The maximum absolute atomic E-state index is 11.1. The molecule has 0 saturated heterocycles. The van der Waals surface area contributed by atoms with E-state index in [1.165, 1.54) is 6.21 Å². The van der Waals surface area contributed by atoms with Crippen molar-refractivity contribution in [3.8, 4) is 0 Å². The zero-order valence-electron chi connectivity index (χ0n) is 6.78. The smallest absolute Gasteiger partial charge is 0.339 e. The molecule has 64 valence electrons. The lowest BCUT2D eigenvalue weighted by molar-refractivity contribution is -0.137. The van der Waals surface area contributed by atoms with Gasteiger partial charge < -0.3 is 4.74 Å². The summed E-state index contributed by atoms with van der Waals surface area (Å²) in [4.78, 5) is 11.1. The van der Waals surface area contributed by atoms with E-state index in [-0.39, 0.29) is 5.97 Å². The van der Waals surface area contributed by atoms with Crippen LogP contribution in [0.3, 0.4) is 0 Å². The first-order chi connectivity index (χ1) is 5.84. The van der Waals surface area contributed by atoms with Crippen LogP contribution in [0.15, 0.2) is 29.0 Å². The standard InChI is InChI=1S/C8H10N2O2/c1-2-12-8(11)7-4-3-5-9-10-6-7/h3-6,9H,2H2,1H3. The van der Waals surface area contributed by atoms with Gasteiger partial charge in [0.1, 0.15) is 0 Å². The van der Waals surface area contributed by atoms with E-state index in [1.807, 2.05) is 0 Å². The van der Waals surface area contributed by atoms with Gasteiger partial charge >= 0.3 is 5.97 Å². The monoisotopic (exact) mass is 166 g/mol. The molecule has 0 aromatic carbocycles. The Balaban J connectivity index is 2.66. The van der Waals surface area contributed by atoms with E-state index in [1.54, 1.807) is 25.3 Å². The fourth-order valence-electron chi connectivity index (χ4n) is 0.723. The second-order valence-electron chi connectivity index (χ2n) is 2.09. The number of esters is 1.